The van der Waals surface area contributed by atoms with Crippen LogP contribution in [0.25, 0.3) is 0 Å². The predicted octanol–water partition coefficient (Wildman–Crippen LogP) is 3.35. The maximum atomic E-state index is 12.9. The zero-order chi connectivity index (χ0) is 14.7. The topological polar surface area (TPSA) is 46.3 Å². The third kappa shape index (κ3) is 3.07. The molecule has 1 saturated carbocycles. The number of carbonyl (C=O) groups excluding carboxylic acids is 1. The van der Waals surface area contributed by atoms with E-state index in [2.05, 4.69) is 22.9 Å². The fourth-order valence-electron chi connectivity index (χ4n) is 3.21. The molecule has 0 heterocycles. The molecule has 2 atom stereocenters. The van der Waals surface area contributed by atoms with Crippen molar-refractivity contribution in [3.63, 3.8) is 0 Å². The number of hydrogen-bond donors (Lipinski definition) is 1. The average molecular weight is 339 g/mol. The second kappa shape index (κ2) is 6.72. The van der Waals surface area contributed by atoms with Gasteiger partial charge in [0.25, 0.3) is 5.91 Å². The molecular weight excluding hydrogens is 316 g/mol. The van der Waals surface area contributed by atoms with E-state index in [4.69, 9.17) is 5.73 Å². The summed E-state index contributed by atoms with van der Waals surface area (Å²) >= 11 is 3.45. The van der Waals surface area contributed by atoms with Gasteiger partial charge in [-0.05, 0) is 56.8 Å². The van der Waals surface area contributed by atoms with Crippen molar-refractivity contribution in [2.45, 2.75) is 39.2 Å². The van der Waals surface area contributed by atoms with Crippen LogP contribution in [0.3, 0.4) is 0 Å². The number of carbonyl (C=O) groups is 1. The molecule has 0 bridgehead atoms. The first-order valence-electron chi connectivity index (χ1n) is 7.35. The van der Waals surface area contributed by atoms with Crippen LogP contribution in [0, 0.1) is 12.8 Å². The maximum Gasteiger partial charge on any atom is 0.254 e. The van der Waals surface area contributed by atoms with Gasteiger partial charge in [-0.2, -0.15) is 0 Å². The first kappa shape index (κ1) is 15.5. The number of nitrogens with zero attached hydrogens (tertiary/aromatic N) is 1. The molecule has 1 aliphatic rings. The molecule has 1 aromatic rings. The zero-order valence-corrected chi connectivity index (χ0v) is 13.8. The van der Waals surface area contributed by atoms with E-state index in [0.717, 1.165) is 35.0 Å². The van der Waals surface area contributed by atoms with Crippen LogP contribution in [0.4, 0.5) is 0 Å². The molecule has 0 aliphatic heterocycles. The summed E-state index contributed by atoms with van der Waals surface area (Å²) in [7, 11) is 0. The molecule has 4 heteroatoms. The second-order valence-electron chi connectivity index (χ2n) is 5.54. The van der Waals surface area contributed by atoms with Crippen LogP contribution in [0.2, 0.25) is 0 Å². The molecular formula is C16H23BrN2O. The van der Waals surface area contributed by atoms with Gasteiger partial charge >= 0.3 is 0 Å². The van der Waals surface area contributed by atoms with Crippen molar-refractivity contribution in [2.75, 3.05) is 13.1 Å². The summed E-state index contributed by atoms with van der Waals surface area (Å²) < 4.78 is 0.948. The summed E-state index contributed by atoms with van der Waals surface area (Å²) in [5, 5.41) is 0. The highest BCUT2D eigenvalue weighted by Crippen LogP contribution is 2.30. The van der Waals surface area contributed by atoms with Crippen LogP contribution in [0.15, 0.2) is 22.7 Å². The Hall–Kier alpha value is -0.870. The van der Waals surface area contributed by atoms with Crippen LogP contribution in [-0.4, -0.2) is 29.9 Å². The summed E-state index contributed by atoms with van der Waals surface area (Å²) in [6.45, 7) is 5.46. The normalized spacial score (nSPS) is 22.0. The number of amides is 1. The highest BCUT2D eigenvalue weighted by molar-refractivity contribution is 9.10. The minimum atomic E-state index is 0.136. The predicted molar refractivity (Wildman–Crippen MR) is 85.8 cm³/mol. The zero-order valence-electron chi connectivity index (χ0n) is 12.2. The van der Waals surface area contributed by atoms with Crippen LogP contribution in [-0.2, 0) is 0 Å². The van der Waals surface area contributed by atoms with E-state index in [1.54, 1.807) is 0 Å². The van der Waals surface area contributed by atoms with Crippen molar-refractivity contribution in [2.24, 2.45) is 11.7 Å². The third-order valence-electron chi connectivity index (χ3n) is 4.35. The standard InChI is InChI=1S/C16H23BrN2O/c1-3-19(15-6-4-5-12(15)10-18)16(20)14-9-13(17)8-7-11(14)2/h7-9,12,15H,3-6,10,18H2,1-2H3. The molecule has 1 amide bonds. The number of nitrogens with two attached hydrogens (primary N) is 1. The molecule has 0 spiro atoms. The number of benzene rings is 1. The van der Waals surface area contributed by atoms with E-state index < -0.39 is 0 Å². The van der Waals surface area contributed by atoms with Crippen molar-refractivity contribution in [3.05, 3.63) is 33.8 Å². The van der Waals surface area contributed by atoms with Crippen LogP contribution in [0.5, 0.6) is 0 Å². The summed E-state index contributed by atoms with van der Waals surface area (Å²) in [5.74, 6) is 0.586. The van der Waals surface area contributed by atoms with Crippen molar-refractivity contribution < 1.29 is 4.79 Å². The Morgan fingerprint density at radius 1 is 1.45 bits per heavy atom. The summed E-state index contributed by atoms with van der Waals surface area (Å²) in [6.07, 6.45) is 3.39. The molecule has 1 aromatic carbocycles. The molecule has 3 nitrogen and oxygen atoms in total. The van der Waals surface area contributed by atoms with E-state index in [1.165, 1.54) is 6.42 Å². The number of hydrogen-bond acceptors (Lipinski definition) is 2. The van der Waals surface area contributed by atoms with Gasteiger partial charge < -0.3 is 10.6 Å². The number of halogens is 1. The van der Waals surface area contributed by atoms with Gasteiger partial charge in [-0.25, -0.2) is 0 Å². The molecule has 2 unspecified atom stereocenters. The van der Waals surface area contributed by atoms with E-state index in [-0.39, 0.29) is 5.91 Å². The van der Waals surface area contributed by atoms with E-state index in [1.807, 2.05) is 30.0 Å². The fraction of sp³-hybridized carbons (Fsp3) is 0.562. The summed E-state index contributed by atoms with van der Waals surface area (Å²) in [5.41, 5.74) is 7.69. The lowest BCUT2D eigenvalue weighted by molar-refractivity contribution is 0.0651. The molecule has 20 heavy (non-hydrogen) atoms. The van der Waals surface area contributed by atoms with Gasteiger partial charge in [0.15, 0.2) is 0 Å². The van der Waals surface area contributed by atoms with E-state index >= 15 is 0 Å². The minimum absolute atomic E-state index is 0.136. The Morgan fingerprint density at radius 2 is 2.20 bits per heavy atom. The monoisotopic (exact) mass is 338 g/mol. The first-order chi connectivity index (χ1) is 9.58. The lowest BCUT2D eigenvalue weighted by Crippen LogP contribution is -2.44. The van der Waals surface area contributed by atoms with Crippen molar-refractivity contribution in [3.8, 4) is 0 Å². The molecule has 2 N–H and O–H groups in total. The second-order valence-corrected chi connectivity index (χ2v) is 6.46. The fourth-order valence-corrected chi connectivity index (χ4v) is 3.57. The van der Waals surface area contributed by atoms with Crippen molar-refractivity contribution in [1.82, 2.24) is 4.90 Å². The Morgan fingerprint density at radius 3 is 2.85 bits per heavy atom. The van der Waals surface area contributed by atoms with Gasteiger partial charge in [0.1, 0.15) is 0 Å². The molecule has 1 aliphatic carbocycles. The van der Waals surface area contributed by atoms with Gasteiger partial charge in [0.2, 0.25) is 0 Å². The smallest absolute Gasteiger partial charge is 0.254 e. The van der Waals surface area contributed by atoms with Gasteiger partial charge in [0.05, 0.1) is 0 Å². The number of rotatable bonds is 4. The molecule has 0 saturated heterocycles. The summed E-state index contributed by atoms with van der Waals surface area (Å²) in [6, 6.07) is 6.18. The highest BCUT2D eigenvalue weighted by Gasteiger charge is 2.33. The largest absolute Gasteiger partial charge is 0.336 e. The maximum absolute atomic E-state index is 12.9. The van der Waals surface area contributed by atoms with E-state index in [0.29, 0.717) is 18.5 Å². The lowest BCUT2D eigenvalue weighted by atomic mass is 10.00. The van der Waals surface area contributed by atoms with E-state index in [9.17, 15) is 4.79 Å². The molecule has 0 aromatic heterocycles. The van der Waals surface area contributed by atoms with Gasteiger partial charge in [-0.15, -0.1) is 0 Å². The quantitative estimate of drug-likeness (QED) is 0.914. The Bertz CT molecular complexity index is 489. The Kier molecular flexibility index (Phi) is 5.22. The molecule has 1 fully saturated rings. The third-order valence-corrected chi connectivity index (χ3v) is 4.85. The van der Waals surface area contributed by atoms with Gasteiger partial charge in [0, 0.05) is 22.6 Å². The SMILES string of the molecule is CCN(C(=O)c1cc(Br)ccc1C)C1CCCC1CN. The lowest BCUT2D eigenvalue weighted by Gasteiger charge is -2.32. The molecule has 110 valence electrons. The minimum Gasteiger partial charge on any atom is -0.336 e. The van der Waals surface area contributed by atoms with Crippen LogP contribution < -0.4 is 5.73 Å². The van der Waals surface area contributed by atoms with Gasteiger partial charge in [-0.3, -0.25) is 4.79 Å². The molecule has 0 radical (unpaired) electrons. The average Bonchev–Trinajstić information content (AvgIpc) is 2.90. The molecule has 2 rings (SSSR count). The number of aryl methyl sites for hydroxylation is 1. The van der Waals surface area contributed by atoms with Crippen LogP contribution >= 0.6 is 15.9 Å². The van der Waals surface area contributed by atoms with Crippen LogP contribution in [0.1, 0.15) is 42.1 Å². The Labute approximate surface area is 129 Å². The van der Waals surface area contributed by atoms with Crippen molar-refractivity contribution >= 4 is 21.8 Å². The van der Waals surface area contributed by atoms with Crippen molar-refractivity contribution in [1.29, 1.82) is 0 Å². The van der Waals surface area contributed by atoms with Gasteiger partial charge in [-0.1, -0.05) is 28.4 Å². The highest BCUT2D eigenvalue weighted by atomic mass is 79.9. The first-order valence-corrected chi connectivity index (χ1v) is 8.15. The summed E-state index contributed by atoms with van der Waals surface area (Å²) in [4.78, 5) is 14.9. The Balaban J connectivity index is 2.27.